The minimum Gasteiger partial charge on any atom is -0.206 e. The number of hydrogen-bond donors (Lipinski definition) is 0. The first-order chi connectivity index (χ1) is 6.47. The molecule has 4 nitrogen and oxygen atoms in total. The van der Waals surface area contributed by atoms with Gasteiger partial charge in [-0.15, -0.1) is 5.10 Å². The zero-order valence-corrected chi connectivity index (χ0v) is 8.04. The van der Waals surface area contributed by atoms with Crippen molar-refractivity contribution >= 4 is 21.7 Å². The van der Waals surface area contributed by atoms with Gasteiger partial charge in [0.25, 0.3) is 5.78 Å². The fourth-order valence-electron chi connectivity index (χ4n) is 0.910. The number of alkyl halides is 3. The lowest BCUT2D eigenvalue weighted by atomic mass is 10.4. The Morgan fingerprint density at radius 2 is 2.00 bits per heavy atom. The van der Waals surface area contributed by atoms with Crippen molar-refractivity contribution in [1.82, 2.24) is 19.6 Å². The molecule has 74 valence electrons. The summed E-state index contributed by atoms with van der Waals surface area (Å²) in [6.45, 7) is 0. The van der Waals surface area contributed by atoms with Crippen LogP contribution in [0.5, 0.6) is 0 Å². The van der Waals surface area contributed by atoms with E-state index in [9.17, 15) is 13.2 Å². The molecule has 2 rings (SSSR count). The van der Waals surface area contributed by atoms with E-state index in [0.717, 1.165) is 16.8 Å². The lowest BCUT2D eigenvalue weighted by Gasteiger charge is -2.03. The average Bonchev–Trinajstić information content (AvgIpc) is 2.41. The van der Waals surface area contributed by atoms with Crippen LogP contribution in [0.4, 0.5) is 13.2 Å². The SMILES string of the molecule is FC(F)(F)c1ccn2nc(Br)nc2n1. The van der Waals surface area contributed by atoms with Gasteiger partial charge in [-0.2, -0.15) is 18.2 Å². The molecule has 2 aromatic rings. The van der Waals surface area contributed by atoms with Gasteiger partial charge in [0.1, 0.15) is 5.69 Å². The van der Waals surface area contributed by atoms with Crippen LogP contribution in [0, 0.1) is 0 Å². The Hall–Kier alpha value is -1.18. The highest BCUT2D eigenvalue weighted by Gasteiger charge is 2.32. The number of aromatic nitrogens is 4. The van der Waals surface area contributed by atoms with Crippen molar-refractivity contribution in [3.8, 4) is 0 Å². The monoisotopic (exact) mass is 266 g/mol. The van der Waals surface area contributed by atoms with Crippen LogP contribution in [-0.2, 0) is 6.18 Å². The quantitative estimate of drug-likeness (QED) is 0.732. The molecule has 2 aromatic heterocycles. The average molecular weight is 267 g/mol. The van der Waals surface area contributed by atoms with E-state index >= 15 is 0 Å². The summed E-state index contributed by atoms with van der Waals surface area (Å²) >= 11 is 2.94. The second-order valence-corrected chi connectivity index (χ2v) is 3.15. The normalized spacial score (nSPS) is 12.3. The molecule has 0 N–H and O–H groups in total. The minimum absolute atomic E-state index is 0.0910. The van der Waals surface area contributed by atoms with Crippen LogP contribution in [0.15, 0.2) is 17.0 Å². The summed E-state index contributed by atoms with van der Waals surface area (Å²) in [5.74, 6) is -0.0910. The van der Waals surface area contributed by atoms with Crippen molar-refractivity contribution < 1.29 is 13.2 Å². The summed E-state index contributed by atoms with van der Waals surface area (Å²) in [6, 6.07) is 0.841. The maximum absolute atomic E-state index is 12.2. The molecule has 0 saturated heterocycles. The molecule has 2 heterocycles. The first-order valence-electron chi connectivity index (χ1n) is 3.43. The van der Waals surface area contributed by atoms with Crippen molar-refractivity contribution in [3.63, 3.8) is 0 Å². The Balaban J connectivity index is 2.62. The van der Waals surface area contributed by atoms with E-state index in [2.05, 4.69) is 31.0 Å². The molecule has 0 fully saturated rings. The van der Waals surface area contributed by atoms with Crippen molar-refractivity contribution in [2.75, 3.05) is 0 Å². The van der Waals surface area contributed by atoms with Crippen LogP contribution in [0.25, 0.3) is 5.78 Å². The number of hydrogen-bond acceptors (Lipinski definition) is 3. The first kappa shape index (κ1) is 9.38. The van der Waals surface area contributed by atoms with Gasteiger partial charge >= 0.3 is 6.18 Å². The van der Waals surface area contributed by atoms with Crippen LogP contribution in [0.2, 0.25) is 0 Å². The lowest BCUT2D eigenvalue weighted by molar-refractivity contribution is -0.141. The van der Waals surface area contributed by atoms with Crippen LogP contribution < -0.4 is 0 Å². The zero-order valence-electron chi connectivity index (χ0n) is 6.46. The number of fused-ring (bicyclic) bond motifs is 1. The van der Waals surface area contributed by atoms with Gasteiger partial charge in [-0.05, 0) is 22.0 Å². The maximum Gasteiger partial charge on any atom is 0.433 e. The van der Waals surface area contributed by atoms with E-state index in [-0.39, 0.29) is 10.5 Å². The molecule has 0 atom stereocenters. The van der Waals surface area contributed by atoms with Gasteiger partial charge in [-0.25, -0.2) is 9.50 Å². The van der Waals surface area contributed by atoms with Crippen LogP contribution in [0.3, 0.4) is 0 Å². The molecule has 0 bridgehead atoms. The highest BCUT2D eigenvalue weighted by atomic mass is 79.9. The van der Waals surface area contributed by atoms with E-state index < -0.39 is 11.9 Å². The largest absolute Gasteiger partial charge is 0.433 e. The number of nitrogens with zero attached hydrogens (tertiary/aromatic N) is 4. The fourth-order valence-corrected chi connectivity index (χ4v) is 1.24. The van der Waals surface area contributed by atoms with E-state index in [1.807, 2.05) is 0 Å². The zero-order chi connectivity index (χ0) is 10.3. The fraction of sp³-hybridized carbons (Fsp3) is 0.167. The first-order valence-corrected chi connectivity index (χ1v) is 4.22. The maximum atomic E-state index is 12.2. The highest BCUT2D eigenvalue weighted by Crippen LogP contribution is 2.27. The van der Waals surface area contributed by atoms with Gasteiger partial charge < -0.3 is 0 Å². The Labute approximate surface area is 83.9 Å². The van der Waals surface area contributed by atoms with Crippen molar-refractivity contribution in [2.45, 2.75) is 6.18 Å². The summed E-state index contributed by atoms with van der Waals surface area (Å²) in [5.41, 5.74) is -0.982. The Kier molecular flexibility index (Phi) is 1.95. The smallest absolute Gasteiger partial charge is 0.206 e. The number of rotatable bonds is 0. The highest BCUT2D eigenvalue weighted by molar-refractivity contribution is 9.10. The van der Waals surface area contributed by atoms with Gasteiger partial charge in [-0.1, -0.05) is 0 Å². The molecule has 0 aliphatic heterocycles. The van der Waals surface area contributed by atoms with Gasteiger partial charge in [0.2, 0.25) is 4.73 Å². The third kappa shape index (κ3) is 1.57. The molecule has 0 spiro atoms. The molecule has 0 aliphatic carbocycles. The van der Waals surface area contributed by atoms with Crippen LogP contribution in [0.1, 0.15) is 5.69 Å². The second-order valence-electron chi connectivity index (χ2n) is 2.44. The molecule has 0 aromatic carbocycles. The van der Waals surface area contributed by atoms with Crippen molar-refractivity contribution in [3.05, 3.63) is 22.7 Å². The van der Waals surface area contributed by atoms with Crippen molar-refractivity contribution in [2.24, 2.45) is 0 Å². The summed E-state index contributed by atoms with van der Waals surface area (Å²) in [6.07, 6.45) is -3.30. The molecule has 0 saturated carbocycles. The second kappa shape index (κ2) is 2.91. The standard InChI is InChI=1S/C6H2BrF3N4/c7-4-12-5-11-3(6(8,9)10)1-2-14(5)13-4/h1-2H. The summed E-state index contributed by atoms with van der Waals surface area (Å²) in [5, 5.41) is 3.73. The molecule has 0 aliphatic rings. The van der Waals surface area contributed by atoms with Crippen molar-refractivity contribution in [1.29, 1.82) is 0 Å². The van der Waals surface area contributed by atoms with E-state index in [4.69, 9.17) is 0 Å². The van der Waals surface area contributed by atoms with Gasteiger partial charge in [-0.3, -0.25) is 0 Å². The van der Waals surface area contributed by atoms with E-state index in [1.54, 1.807) is 0 Å². The Bertz CT molecular complexity index is 477. The summed E-state index contributed by atoms with van der Waals surface area (Å²) in [4.78, 5) is 6.95. The molecule has 0 amide bonds. The Morgan fingerprint density at radius 1 is 1.29 bits per heavy atom. The third-order valence-electron chi connectivity index (χ3n) is 1.47. The summed E-state index contributed by atoms with van der Waals surface area (Å²) in [7, 11) is 0. The van der Waals surface area contributed by atoms with Gasteiger partial charge in [0.15, 0.2) is 0 Å². The molecule has 0 unspecified atom stereocenters. The minimum atomic E-state index is -4.46. The van der Waals surface area contributed by atoms with E-state index in [0.29, 0.717) is 0 Å². The summed E-state index contributed by atoms with van der Waals surface area (Å²) < 4.78 is 37.9. The number of halogens is 4. The lowest BCUT2D eigenvalue weighted by Crippen LogP contribution is -2.09. The van der Waals surface area contributed by atoms with Gasteiger partial charge in [0.05, 0.1) is 0 Å². The Morgan fingerprint density at radius 3 is 2.64 bits per heavy atom. The molecular formula is C6H2BrF3N4. The molecule has 0 radical (unpaired) electrons. The molecular weight excluding hydrogens is 265 g/mol. The molecule has 8 heteroatoms. The molecule has 14 heavy (non-hydrogen) atoms. The van der Waals surface area contributed by atoms with Gasteiger partial charge in [0, 0.05) is 6.20 Å². The third-order valence-corrected chi connectivity index (χ3v) is 1.81. The topological polar surface area (TPSA) is 43.1 Å². The van der Waals surface area contributed by atoms with Crippen LogP contribution in [-0.4, -0.2) is 19.6 Å². The predicted molar refractivity (Wildman–Crippen MR) is 43.5 cm³/mol. The van der Waals surface area contributed by atoms with Crippen LogP contribution >= 0.6 is 15.9 Å². The predicted octanol–water partition coefficient (Wildman–Crippen LogP) is 1.91. The van der Waals surface area contributed by atoms with E-state index in [1.165, 1.54) is 0 Å².